The third-order valence-electron chi connectivity index (χ3n) is 2.53. The standard InChI is InChI=1S/C14H18N2O4/c1-10(2)18-7-11(17)8-19-13-6-4-3-5-12(13)14-16-15-9-20-14/h3-6,9-11,17H,7-8H2,1-2H3. The SMILES string of the molecule is CC(C)OCC(O)COc1ccccc1-c1nnco1. The quantitative estimate of drug-likeness (QED) is 0.833. The number of hydrogen-bond acceptors (Lipinski definition) is 6. The molecule has 1 aromatic carbocycles. The monoisotopic (exact) mass is 278 g/mol. The summed E-state index contributed by atoms with van der Waals surface area (Å²) in [5.41, 5.74) is 0.696. The molecule has 0 fully saturated rings. The molecule has 1 atom stereocenters. The van der Waals surface area contributed by atoms with Gasteiger partial charge in [0.1, 0.15) is 18.5 Å². The van der Waals surface area contributed by atoms with Crippen molar-refractivity contribution < 1.29 is 19.0 Å². The maximum Gasteiger partial charge on any atom is 0.251 e. The van der Waals surface area contributed by atoms with Gasteiger partial charge in [-0.25, -0.2) is 0 Å². The van der Waals surface area contributed by atoms with Crippen LogP contribution in [0.5, 0.6) is 5.75 Å². The fourth-order valence-corrected chi connectivity index (χ4v) is 1.60. The van der Waals surface area contributed by atoms with Gasteiger partial charge in [0.05, 0.1) is 18.3 Å². The zero-order valence-corrected chi connectivity index (χ0v) is 11.5. The van der Waals surface area contributed by atoms with Crippen LogP contribution in [-0.2, 0) is 4.74 Å². The van der Waals surface area contributed by atoms with Crippen molar-refractivity contribution in [2.24, 2.45) is 0 Å². The summed E-state index contributed by atoms with van der Waals surface area (Å²) in [4.78, 5) is 0. The molecule has 2 rings (SSSR count). The summed E-state index contributed by atoms with van der Waals surface area (Å²) in [6.07, 6.45) is 0.653. The van der Waals surface area contributed by atoms with Gasteiger partial charge in [-0.1, -0.05) is 12.1 Å². The Hall–Kier alpha value is -1.92. The molecule has 6 nitrogen and oxygen atoms in total. The van der Waals surface area contributed by atoms with Gasteiger partial charge in [0.15, 0.2) is 0 Å². The first-order valence-corrected chi connectivity index (χ1v) is 6.45. The van der Waals surface area contributed by atoms with Gasteiger partial charge in [-0.3, -0.25) is 0 Å². The third-order valence-corrected chi connectivity index (χ3v) is 2.53. The third kappa shape index (κ3) is 4.04. The van der Waals surface area contributed by atoms with Gasteiger partial charge in [0, 0.05) is 0 Å². The molecule has 1 aromatic heterocycles. The fourth-order valence-electron chi connectivity index (χ4n) is 1.60. The van der Waals surface area contributed by atoms with Crippen LogP contribution in [0.2, 0.25) is 0 Å². The highest BCUT2D eigenvalue weighted by molar-refractivity contribution is 5.61. The maximum absolute atomic E-state index is 9.78. The molecule has 0 aliphatic carbocycles. The van der Waals surface area contributed by atoms with Crippen LogP contribution in [0.3, 0.4) is 0 Å². The molecule has 6 heteroatoms. The largest absolute Gasteiger partial charge is 0.490 e. The van der Waals surface area contributed by atoms with Crippen molar-refractivity contribution in [3.05, 3.63) is 30.7 Å². The first kappa shape index (κ1) is 14.5. The lowest BCUT2D eigenvalue weighted by Crippen LogP contribution is -2.25. The zero-order valence-electron chi connectivity index (χ0n) is 11.5. The van der Waals surface area contributed by atoms with Gasteiger partial charge >= 0.3 is 0 Å². The topological polar surface area (TPSA) is 77.6 Å². The van der Waals surface area contributed by atoms with E-state index >= 15 is 0 Å². The minimum atomic E-state index is -0.687. The first-order valence-electron chi connectivity index (χ1n) is 6.45. The van der Waals surface area contributed by atoms with Crippen molar-refractivity contribution in [2.45, 2.75) is 26.1 Å². The lowest BCUT2D eigenvalue weighted by atomic mass is 10.2. The molecular weight excluding hydrogens is 260 g/mol. The van der Waals surface area contributed by atoms with Crippen molar-refractivity contribution in [1.29, 1.82) is 0 Å². The van der Waals surface area contributed by atoms with Gasteiger partial charge in [0.25, 0.3) is 5.89 Å². The van der Waals surface area contributed by atoms with Crippen LogP contribution >= 0.6 is 0 Å². The van der Waals surface area contributed by atoms with Crippen molar-refractivity contribution >= 4 is 0 Å². The van der Waals surface area contributed by atoms with E-state index in [9.17, 15) is 5.11 Å². The fraction of sp³-hybridized carbons (Fsp3) is 0.429. The summed E-state index contributed by atoms with van der Waals surface area (Å²) in [5, 5.41) is 17.3. The Morgan fingerprint density at radius 1 is 1.25 bits per heavy atom. The molecule has 0 saturated carbocycles. The van der Waals surface area contributed by atoms with Crippen LogP contribution in [0, 0.1) is 0 Å². The molecule has 1 N–H and O–H groups in total. The van der Waals surface area contributed by atoms with E-state index in [0.29, 0.717) is 17.2 Å². The van der Waals surface area contributed by atoms with Crippen molar-refractivity contribution in [2.75, 3.05) is 13.2 Å². The molecule has 0 aliphatic rings. The number of para-hydroxylation sites is 1. The normalized spacial score (nSPS) is 12.6. The lowest BCUT2D eigenvalue weighted by Gasteiger charge is -2.15. The Balaban J connectivity index is 1.96. The first-order chi connectivity index (χ1) is 9.66. The van der Waals surface area contributed by atoms with Crippen molar-refractivity contribution in [3.8, 4) is 17.2 Å². The van der Waals surface area contributed by atoms with E-state index < -0.39 is 6.10 Å². The predicted molar refractivity (Wildman–Crippen MR) is 72.3 cm³/mol. The lowest BCUT2D eigenvalue weighted by molar-refractivity contribution is -0.0122. The highest BCUT2D eigenvalue weighted by Gasteiger charge is 2.12. The summed E-state index contributed by atoms with van der Waals surface area (Å²) in [5.74, 6) is 0.967. The molecule has 20 heavy (non-hydrogen) atoms. The molecular formula is C14H18N2O4. The van der Waals surface area contributed by atoms with Crippen LogP contribution in [0.1, 0.15) is 13.8 Å². The van der Waals surface area contributed by atoms with E-state index in [1.807, 2.05) is 32.0 Å². The Morgan fingerprint density at radius 3 is 2.75 bits per heavy atom. The summed E-state index contributed by atoms with van der Waals surface area (Å²) in [6.45, 7) is 4.20. The van der Waals surface area contributed by atoms with Gasteiger partial charge in [-0.15, -0.1) is 10.2 Å². The average Bonchev–Trinajstić information content (AvgIpc) is 2.97. The molecule has 0 amide bonds. The molecule has 0 spiro atoms. The highest BCUT2D eigenvalue weighted by Crippen LogP contribution is 2.27. The summed E-state index contributed by atoms with van der Waals surface area (Å²) in [6, 6.07) is 7.30. The number of benzene rings is 1. The highest BCUT2D eigenvalue weighted by atomic mass is 16.5. The van der Waals surface area contributed by atoms with Gasteiger partial charge in [-0.05, 0) is 26.0 Å². The molecule has 108 valence electrons. The summed E-state index contributed by atoms with van der Waals surface area (Å²) in [7, 11) is 0. The molecule has 0 aliphatic heterocycles. The number of aliphatic hydroxyl groups excluding tert-OH is 1. The maximum atomic E-state index is 9.78. The van der Waals surface area contributed by atoms with Crippen LogP contribution in [0.15, 0.2) is 35.1 Å². The van der Waals surface area contributed by atoms with E-state index in [4.69, 9.17) is 13.9 Å². The molecule has 0 saturated heterocycles. The number of aliphatic hydroxyl groups is 1. The van der Waals surface area contributed by atoms with E-state index in [1.165, 1.54) is 6.39 Å². The van der Waals surface area contributed by atoms with Gasteiger partial charge in [0.2, 0.25) is 6.39 Å². The van der Waals surface area contributed by atoms with E-state index in [2.05, 4.69) is 10.2 Å². The van der Waals surface area contributed by atoms with Crippen LogP contribution in [-0.4, -0.2) is 40.7 Å². The molecule has 0 bridgehead atoms. The Bertz CT molecular complexity index is 514. The summed E-state index contributed by atoms with van der Waals surface area (Å²) >= 11 is 0. The molecule has 1 unspecified atom stereocenters. The molecule has 1 heterocycles. The van der Waals surface area contributed by atoms with Crippen LogP contribution < -0.4 is 4.74 Å². The number of rotatable bonds is 7. The van der Waals surface area contributed by atoms with E-state index in [1.54, 1.807) is 6.07 Å². The van der Waals surface area contributed by atoms with Crippen molar-refractivity contribution in [3.63, 3.8) is 0 Å². The minimum Gasteiger partial charge on any atom is -0.490 e. The zero-order chi connectivity index (χ0) is 14.4. The molecule has 0 radical (unpaired) electrons. The Labute approximate surface area is 117 Å². The number of ether oxygens (including phenoxy) is 2. The predicted octanol–water partition coefficient (Wildman–Crippen LogP) is 1.90. The number of nitrogens with zero attached hydrogens (tertiary/aromatic N) is 2. The van der Waals surface area contributed by atoms with Crippen molar-refractivity contribution in [1.82, 2.24) is 10.2 Å². The average molecular weight is 278 g/mol. The second-order valence-corrected chi connectivity index (χ2v) is 4.59. The second kappa shape index (κ2) is 7.02. The molecule has 2 aromatic rings. The van der Waals surface area contributed by atoms with Gasteiger partial charge in [-0.2, -0.15) is 0 Å². The van der Waals surface area contributed by atoms with Crippen LogP contribution in [0.4, 0.5) is 0 Å². The number of hydrogen-bond donors (Lipinski definition) is 1. The Morgan fingerprint density at radius 2 is 2.05 bits per heavy atom. The van der Waals surface area contributed by atoms with Crippen LogP contribution in [0.25, 0.3) is 11.5 Å². The smallest absolute Gasteiger partial charge is 0.251 e. The second-order valence-electron chi connectivity index (χ2n) is 4.59. The summed E-state index contributed by atoms with van der Waals surface area (Å²) < 4.78 is 16.1. The van der Waals surface area contributed by atoms with E-state index in [-0.39, 0.29) is 19.3 Å². The number of aromatic nitrogens is 2. The Kier molecular flexibility index (Phi) is 5.09. The minimum absolute atomic E-state index is 0.0790. The van der Waals surface area contributed by atoms with Gasteiger partial charge < -0.3 is 19.0 Å². The van der Waals surface area contributed by atoms with E-state index in [0.717, 1.165) is 0 Å².